The molecule has 0 atom stereocenters. The van der Waals surface area contributed by atoms with Gasteiger partial charge in [-0.3, -0.25) is 19.7 Å². The van der Waals surface area contributed by atoms with Crippen LogP contribution in [0.3, 0.4) is 0 Å². The molecule has 9 nitrogen and oxygen atoms in total. The van der Waals surface area contributed by atoms with E-state index in [2.05, 4.69) is 5.32 Å². The minimum absolute atomic E-state index is 0.00228. The van der Waals surface area contributed by atoms with E-state index >= 15 is 0 Å². The van der Waals surface area contributed by atoms with Crippen LogP contribution in [0.1, 0.15) is 42.5 Å². The van der Waals surface area contributed by atoms with Crippen LogP contribution >= 0.6 is 11.8 Å². The van der Waals surface area contributed by atoms with Gasteiger partial charge >= 0.3 is 5.97 Å². The number of rotatable bonds is 7. The van der Waals surface area contributed by atoms with Gasteiger partial charge in [0.15, 0.2) is 0 Å². The minimum atomic E-state index is -1.27. The molecule has 0 bridgehead atoms. The molecule has 1 aliphatic rings. The molecule has 0 unspecified atom stereocenters. The molecule has 2 rings (SSSR count). The largest absolute Gasteiger partial charge is 0.480 e. The summed E-state index contributed by atoms with van der Waals surface area (Å²) in [4.78, 5) is 45.6. The van der Waals surface area contributed by atoms with Gasteiger partial charge in [0.25, 0.3) is 5.69 Å². The molecule has 1 aromatic rings. The first-order chi connectivity index (χ1) is 12.2. The van der Waals surface area contributed by atoms with Crippen LogP contribution in [0.5, 0.6) is 0 Å². The maximum absolute atomic E-state index is 12.2. The van der Waals surface area contributed by atoms with E-state index < -0.39 is 28.2 Å². The fourth-order valence-electron chi connectivity index (χ4n) is 2.93. The van der Waals surface area contributed by atoms with Crippen LogP contribution in [-0.4, -0.2) is 39.1 Å². The number of nitrogens with two attached hydrogens (primary N) is 1. The van der Waals surface area contributed by atoms with Crippen molar-refractivity contribution < 1.29 is 24.4 Å². The number of carbonyl (C=O) groups excluding carboxylic acids is 2. The van der Waals surface area contributed by atoms with E-state index in [1.165, 1.54) is 12.1 Å². The maximum atomic E-state index is 12.2. The van der Waals surface area contributed by atoms with Crippen LogP contribution in [0.15, 0.2) is 23.1 Å². The summed E-state index contributed by atoms with van der Waals surface area (Å²) in [6.45, 7) is 0. The lowest BCUT2D eigenvalue weighted by molar-refractivity contribution is -0.387. The standard InChI is InChI=1S/C16H19N3O6S/c17-14(21)10-4-5-12(11(8-10)19(24)25)26-9-13(20)18-16(15(22)23)6-2-1-3-7-16/h4-5,8H,1-3,6-7,9H2,(H2,17,21)(H,18,20)(H,22,23). The SMILES string of the molecule is NC(=O)c1ccc(SCC(=O)NC2(C(=O)O)CCCCC2)c([N+](=O)[O-])c1. The maximum Gasteiger partial charge on any atom is 0.329 e. The van der Waals surface area contributed by atoms with Crippen molar-refractivity contribution in [1.29, 1.82) is 0 Å². The lowest BCUT2D eigenvalue weighted by Gasteiger charge is -2.33. The number of nitro benzene ring substituents is 1. The van der Waals surface area contributed by atoms with Crippen molar-refractivity contribution in [3.05, 3.63) is 33.9 Å². The van der Waals surface area contributed by atoms with Crippen molar-refractivity contribution in [1.82, 2.24) is 5.32 Å². The second kappa shape index (κ2) is 8.17. The summed E-state index contributed by atoms with van der Waals surface area (Å²) in [5.74, 6) is -2.53. The van der Waals surface area contributed by atoms with Crippen LogP contribution in [0.25, 0.3) is 0 Å². The number of carboxylic acid groups (broad SMARTS) is 1. The number of hydrogen-bond donors (Lipinski definition) is 3. The first-order valence-corrected chi connectivity index (χ1v) is 8.99. The van der Waals surface area contributed by atoms with Gasteiger partial charge in [0.2, 0.25) is 11.8 Å². The van der Waals surface area contributed by atoms with Gasteiger partial charge in [-0.25, -0.2) is 4.79 Å². The van der Waals surface area contributed by atoms with E-state index in [1.807, 2.05) is 0 Å². The van der Waals surface area contributed by atoms with Gasteiger partial charge in [0.1, 0.15) is 5.54 Å². The highest BCUT2D eigenvalue weighted by Gasteiger charge is 2.40. The Hall–Kier alpha value is -2.62. The highest BCUT2D eigenvalue weighted by molar-refractivity contribution is 8.00. The zero-order chi connectivity index (χ0) is 19.3. The third-order valence-corrected chi connectivity index (χ3v) is 5.36. The van der Waals surface area contributed by atoms with Gasteiger partial charge in [-0.2, -0.15) is 0 Å². The molecule has 0 aromatic heterocycles. The molecule has 0 saturated heterocycles. The van der Waals surface area contributed by atoms with E-state index in [0.29, 0.717) is 12.8 Å². The quantitative estimate of drug-likeness (QED) is 0.369. The summed E-state index contributed by atoms with van der Waals surface area (Å²) < 4.78 is 0. The fraction of sp³-hybridized carbons (Fsp3) is 0.438. The highest BCUT2D eigenvalue weighted by atomic mass is 32.2. The van der Waals surface area contributed by atoms with Crippen molar-refractivity contribution in [2.24, 2.45) is 5.73 Å². The molecule has 1 aliphatic carbocycles. The van der Waals surface area contributed by atoms with E-state index in [9.17, 15) is 29.6 Å². The molecule has 140 valence electrons. The lowest BCUT2D eigenvalue weighted by Crippen LogP contribution is -2.56. The van der Waals surface area contributed by atoms with E-state index in [1.54, 1.807) is 0 Å². The summed E-state index contributed by atoms with van der Waals surface area (Å²) >= 11 is 0.904. The molecule has 2 amide bonds. The first-order valence-electron chi connectivity index (χ1n) is 8.00. The predicted molar refractivity (Wildman–Crippen MR) is 93.9 cm³/mol. The third kappa shape index (κ3) is 4.51. The number of carbonyl (C=O) groups is 3. The number of nitro groups is 1. The van der Waals surface area contributed by atoms with E-state index in [0.717, 1.165) is 37.1 Å². The van der Waals surface area contributed by atoms with Gasteiger partial charge < -0.3 is 16.2 Å². The third-order valence-electron chi connectivity index (χ3n) is 4.29. The zero-order valence-electron chi connectivity index (χ0n) is 13.9. The number of aliphatic carboxylic acids is 1. The molecular weight excluding hydrogens is 362 g/mol. The number of primary amides is 1. The molecule has 10 heteroatoms. The first kappa shape index (κ1) is 19.7. The van der Waals surface area contributed by atoms with Crippen molar-refractivity contribution in [3.63, 3.8) is 0 Å². The number of thioether (sulfide) groups is 1. The molecule has 1 fully saturated rings. The Morgan fingerprint density at radius 3 is 2.46 bits per heavy atom. The van der Waals surface area contributed by atoms with Crippen LogP contribution < -0.4 is 11.1 Å². The average molecular weight is 381 g/mol. The zero-order valence-corrected chi connectivity index (χ0v) is 14.7. The second-order valence-corrected chi connectivity index (χ2v) is 7.11. The van der Waals surface area contributed by atoms with Crippen molar-refractivity contribution >= 4 is 35.2 Å². The molecule has 4 N–H and O–H groups in total. The number of nitrogens with one attached hydrogen (secondary N) is 1. The van der Waals surface area contributed by atoms with Crippen LogP contribution in [0.2, 0.25) is 0 Å². The van der Waals surface area contributed by atoms with Crippen LogP contribution in [0, 0.1) is 10.1 Å². The Balaban J connectivity index is 2.08. The Bertz CT molecular complexity index is 746. The normalized spacial score (nSPS) is 15.8. The summed E-state index contributed by atoms with van der Waals surface area (Å²) in [5.41, 5.74) is 3.52. The Morgan fingerprint density at radius 2 is 1.92 bits per heavy atom. The molecule has 1 saturated carbocycles. The molecule has 26 heavy (non-hydrogen) atoms. The van der Waals surface area contributed by atoms with Gasteiger partial charge in [0, 0.05) is 11.6 Å². The Kier molecular flexibility index (Phi) is 6.19. The molecular formula is C16H19N3O6S. The minimum Gasteiger partial charge on any atom is -0.480 e. The number of carboxylic acids is 1. The molecule has 0 spiro atoms. The highest BCUT2D eigenvalue weighted by Crippen LogP contribution is 2.31. The summed E-state index contributed by atoms with van der Waals surface area (Å²) in [7, 11) is 0. The summed E-state index contributed by atoms with van der Waals surface area (Å²) in [6.07, 6.45) is 3.11. The van der Waals surface area contributed by atoms with E-state index in [-0.39, 0.29) is 21.9 Å². The summed E-state index contributed by atoms with van der Waals surface area (Å²) in [5, 5.41) is 23.2. The molecule has 0 radical (unpaired) electrons. The van der Waals surface area contributed by atoms with Crippen molar-refractivity contribution in [2.45, 2.75) is 42.5 Å². The van der Waals surface area contributed by atoms with Gasteiger partial charge in [-0.1, -0.05) is 19.3 Å². The molecule has 1 aromatic carbocycles. The Morgan fingerprint density at radius 1 is 1.27 bits per heavy atom. The molecule has 0 aliphatic heterocycles. The predicted octanol–water partition coefficient (Wildman–Crippen LogP) is 1.69. The van der Waals surface area contributed by atoms with Crippen molar-refractivity contribution in [3.8, 4) is 0 Å². The number of amides is 2. The lowest BCUT2D eigenvalue weighted by atomic mass is 9.81. The van der Waals surface area contributed by atoms with E-state index in [4.69, 9.17) is 5.73 Å². The number of benzene rings is 1. The average Bonchev–Trinajstić information content (AvgIpc) is 2.60. The fourth-order valence-corrected chi connectivity index (χ4v) is 3.73. The Labute approximate surface area is 153 Å². The smallest absolute Gasteiger partial charge is 0.329 e. The topological polar surface area (TPSA) is 153 Å². The number of hydrogen-bond acceptors (Lipinski definition) is 6. The second-order valence-electron chi connectivity index (χ2n) is 6.09. The van der Waals surface area contributed by atoms with Crippen molar-refractivity contribution in [2.75, 3.05) is 5.75 Å². The van der Waals surface area contributed by atoms with Crippen LogP contribution in [-0.2, 0) is 9.59 Å². The van der Waals surface area contributed by atoms with Gasteiger partial charge in [-0.15, -0.1) is 11.8 Å². The van der Waals surface area contributed by atoms with Gasteiger partial charge in [0.05, 0.1) is 15.6 Å². The summed E-state index contributed by atoms with van der Waals surface area (Å²) in [6, 6.07) is 3.75. The molecule has 0 heterocycles. The number of nitrogens with zero attached hydrogens (tertiary/aromatic N) is 1. The van der Waals surface area contributed by atoms with Crippen LogP contribution in [0.4, 0.5) is 5.69 Å². The van der Waals surface area contributed by atoms with Gasteiger partial charge in [-0.05, 0) is 25.0 Å². The monoisotopic (exact) mass is 381 g/mol.